The molecule has 1 aliphatic heterocycles. The number of nitrogens with one attached hydrogen (secondary N) is 1. The minimum absolute atomic E-state index is 0.104. The standard InChI is InChI=1S/C17H26N2O4S/c1-13-6-7-14(2)16(11-13)24(21,22)19-9-4-5-15(12-19)17(20)18-8-10-23-3/h6-7,11,15H,4-5,8-10,12H2,1-3H3,(H,18,20)/t15-/m0/s1. The molecular weight excluding hydrogens is 328 g/mol. The first kappa shape index (κ1) is 18.9. The highest BCUT2D eigenvalue weighted by molar-refractivity contribution is 7.89. The Morgan fingerprint density at radius 2 is 2.12 bits per heavy atom. The van der Waals surface area contributed by atoms with Crippen molar-refractivity contribution in [1.82, 2.24) is 9.62 Å². The summed E-state index contributed by atoms with van der Waals surface area (Å²) in [5.74, 6) is -0.414. The molecule has 1 saturated heterocycles. The summed E-state index contributed by atoms with van der Waals surface area (Å²) in [4.78, 5) is 12.6. The molecule has 0 spiro atoms. The highest BCUT2D eigenvalue weighted by Gasteiger charge is 2.33. The van der Waals surface area contributed by atoms with Crippen LogP contribution in [0.1, 0.15) is 24.0 Å². The van der Waals surface area contributed by atoms with Crippen LogP contribution in [-0.4, -0.2) is 52.0 Å². The molecule has 0 bridgehead atoms. The smallest absolute Gasteiger partial charge is 0.243 e. The summed E-state index contributed by atoms with van der Waals surface area (Å²) in [5, 5.41) is 2.80. The predicted molar refractivity (Wildman–Crippen MR) is 92.3 cm³/mol. The SMILES string of the molecule is COCCNC(=O)[C@H]1CCCN(S(=O)(=O)c2cc(C)ccc2C)C1. The molecule has 0 saturated carbocycles. The maximum absolute atomic E-state index is 13.0. The Morgan fingerprint density at radius 3 is 2.83 bits per heavy atom. The fourth-order valence-corrected chi connectivity index (χ4v) is 4.75. The van der Waals surface area contributed by atoms with Crippen molar-refractivity contribution in [1.29, 1.82) is 0 Å². The van der Waals surface area contributed by atoms with Crippen LogP contribution < -0.4 is 5.32 Å². The zero-order chi connectivity index (χ0) is 17.7. The van der Waals surface area contributed by atoms with Crippen molar-refractivity contribution in [3.8, 4) is 0 Å². The second-order valence-corrected chi connectivity index (χ2v) is 8.16. The number of aryl methyl sites for hydroxylation is 2. The molecule has 2 rings (SSSR count). The van der Waals surface area contributed by atoms with Gasteiger partial charge in [-0.3, -0.25) is 4.79 Å². The van der Waals surface area contributed by atoms with Gasteiger partial charge in [-0.05, 0) is 43.9 Å². The van der Waals surface area contributed by atoms with E-state index in [0.717, 1.165) is 11.1 Å². The van der Waals surface area contributed by atoms with E-state index in [0.29, 0.717) is 37.4 Å². The molecule has 7 heteroatoms. The molecule has 0 unspecified atom stereocenters. The zero-order valence-electron chi connectivity index (χ0n) is 14.5. The first-order valence-corrected chi connectivity index (χ1v) is 9.64. The summed E-state index contributed by atoms with van der Waals surface area (Å²) in [5.41, 5.74) is 1.64. The average molecular weight is 354 g/mol. The maximum atomic E-state index is 13.0. The highest BCUT2D eigenvalue weighted by Crippen LogP contribution is 2.26. The number of sulfonamides is 1. The number of hydrogen-bond donors (Lipinski definition) is 1. The van der Waals surface area contributed by atoms with Gasteiger partial charge in [0.1, 0.15) is 0 Å². The van der Waals surface area contributed by atoms with Gasteiger partial charge in [0.2, 0.25) is 15.9 Å². The Morgan fingerprint density at radius 1 is 1.38 bits per heavy atom. The fourth-order valence-electron chi connectivity index (χ4n) is 2.92. The van der Waals surface area contributed by atoms with Gasteiger partial charge in [0.25, 0.3) is 0 Å². The summed E-state index contributed by atoms with van der Waals surface area (Å²) >= 11 is 0. The number of hydrogen-bond acceptors (Lipinski definition) is 4. The van der Waals surface area contributed by atoms with Crippen molar-refractivity contribution >= 4 is 15.9 Å². The monoisotopic (exact) mass is 354 g/mol. The molecule has 1 aromatic carbocycles. The van der Waals surface area contributed by atoms with E-state index in [2.05, 4.69) is 5.32 Å². The van der Waals surface area contributed by atoms with Gasteiger partial charge in [0.15, 0.2) is 0 Å². The number of methoxy groups -OCH3 is 1. The summed E-state index contributed by atoms with van der Waals surface area (Å²) < 4.78 is 32.3. The van der Waals surface area contributed by atoms with Crippen LogP contribution in [0.4, 0.5) is 0 Å². The normalized spacial score (nSPS) is 19.2. The quantitative estimate of drug-likeness (QED) is 0.785. The van der Waals surface area contributed by atoms with E-state index >= 15 is 0 Å². The second-order valence-electron chi connectivity index (χ2n) is 6.25. The Balaban J connectivity index is 2.13. The zero-order valence-corrected chi connectivity index (χ0v) is 15.4. The number of carbonyl (C=O) groups excluding carboxylic acids is 1. The number of ether oxygens (including phenoxy) is 1. The molecule has 24 heavy (non-hydrogen) atoms. The highest BCUT2D eigenvalue weighted by atomic mass is 32.2. The van der Waals surface area contributed by atoms with E-state index in [1.807, 2.05) is 19.1 Å². The summed E-state index contributed by atoms with van der Waals surface area (Å²) in [6.45, 7) is 5.25. The molecule has 1 atom stereocenters. The van der Waals surface area contributed by atoms with Crippen molar-refractivity contribution in [2.45, 2.75) is 31.6 Å². The largest absolute Gasteiger partial charge is 0.383 e. The Bertz CT molecular complexity index is 688. The first-order chi connectivity index (χ1) is 11.4. The lowest BCUT2D eigenvalue weighted by atomic mass is 9.99. The number of rotatable bonds is 6. The number of piperidine rings is 1. The average Bonchev–Trinajstić information content (AvgIpc) is 2.57. The number of carbonyl (C=O) groups is 1. The molecule has 134 valence electrons. The fraction of sp³-hybridized carbons (Fsp3) is 0.588. The molecule has 1 aromatic rings. The van der Waals surface area contributed by atoms with Gasteiger partial charge in [-0.1, -0.05) is 12.1 Å². The lowest BCUT2D eigenvalue weighted by Gasteiger charge is -2.31. The molecule has 1 fully saturated rings. The molecule has 1 heterocycles. The summed E-state index contributed by atoms with van der Waals surface area (Å²) in [6.07, 6.45) is 1.39. The van der Waals surface area contributed by atoms with E-state index in [1.54, 1.807) is 20.1 Å². The van der Waals surface area contributed by atoms with Crippen molar-refractivity contribution in [2.24, 2.45) is 5.92 Å². The first-order valence-electron chi connectivity index (χ1n) is 8.20. The van der Waals surface area contributed by atoms with E-state index in [-0.39, 0.29) is 18.4 Å². The Kier molecular flexibility index (Phi) is 6.37. The third kappa shape index (κ3) is 4.34. The van der Waals surface area contributed by atoms with E-state index < -0.39 is 10.0 Å². The lowest BCUT2D eigenvalue weighted by molar-refractivity contribution is -0.126. The lowest BCUT2D eigenvalue weighted by Crippen LogP contribution is -2.46. The number of benzene rings is 1. The van der Waals surface area contributed by atoms with E-state index in [4.69, 9.17) is 4.74 Å². The third-order valence-electron chi connectivity index (χ3n) is 4.32. The van der Waals surface area contributed by atoms with Crippen LogP contribution in [0.15, 0.2) is 23.1 Å². The van der Waals surface area contributed by atoms with E-state index in [9.17, 15) is 13.2 Å². The van der Waals surface area contributed by atoms with E-state index in [1.165, 1.54) is 4.31 Å². The van der Waals surface area contributed by atoms with Crippen molar-refractivity contribution in [3.63, 3.8) is 0 Å². The van der Waals surface area contributed by atoms with Crippen molar-refractivity contribution < 1.29 is 17.9 Å². The molecule has 1 N–H and O–H groups in total. The predicted octanol–water partition coefficient (Wildman–Crippen LogP) is 1.47. The van der Waals surface area contributed by atoms with Crippen LogP contribution >= 0.6 is 0 Å². The minimum atomic E-state index is -3.58. The molecule has 1 amide bonds. The summed E-state index contributed by atoms with van der Waals surface area (Å²) in [7, 11) is -2.00. The molecule has 0 aliphatic carbocycles. The summed E-state index contributed by atoms with van der Waals surface area (Å²) in [6, 6.07) is 5.42. The second kappa shape index (κ2) is 8.09. The molecular formula is C17H26N2O4S. The molecule has 1 aliphatic rings. The molecule has 0 aromatic heterocycles. The Labute approximate surface area is 144 Å². The number of nitrogens with zero attached hydrogens (tertiary/aromatic N) is 1. The third-order valence-corrected chi connectivity index (χ3v) is 6.33. The topological polar surface area (TPSA) is 75.7 Å². The maximum Gasteiger partial charge on any atom is 0.243 e. The van der Waals surface area contributed by atoms with Gasteiger partial charge in [0.05, 0.1) is 17.4 Å². The minimum Gasteiger partial charge on any atom is -0.383 e. The van der Waals surface area contributed by atoms with Crippen LogP contribution in [0.3, 0.4) is 0 Å². The van der Waals surface area contributed by atoms with Gasteiger partial charge in [0, 0.05) is 26.7 Å². The van der Waals surface area contributed by atoms with Crippen molar-refractivity contribution in [3.05, 3.63) is 29.3 Å². The van der Waals surface area contributed by atoms with Crippen molar-refractivity contribution in [2.75, 3.05) is 33.4 Å². The molecule has 6 nitrogen and oxygen atoms in total. The molecule has 0 radical (unpaired) electrons. The van der Waals surface area contributed by atoms with Gasteiger partial charge in [-0.25, -0.2) is 8.42 Å². The van der Waals surface area contributed by atoms with Gasteiger partial charge in [-0.15, -0.1) is 0 Å². The van der Waals surface area contributed by atoms with Gasteiger partial charge < -0.3 is 10.1 Å². The van der Waals surface area contributed by atoms with Gasteiger partial charge in [-0.2, -0.15) is 4.31 Å². The van der Waals surface area contributed by atoms with Crippen LogP contribution in [0.25, 0.3) is 0 Å². The van der Waals surface area contributed by atoms with Crippen LogP contribution in [-0.2, 0) is 19.6 Å². The van der Waals surface area contributed by atoms with Crippen LogP contribution in [0.5, 0.6) is 0 Å². The van der Waals surface area contributed by atoms with Crippen LogP contribution in [0, 0.1) is 19.8 Å². The number of amides is 1. The Hall–Kier alpha value is -1.44. The van der Waals surface area contributed by atoms with Gasteiger partial charge >= 0.3 is 0 Å². The van der Waals surface area contributed by atoms with Crippen LogP contribution in [0.2, 0.25) is 0 Å².